The Kier molecular flexibility index (Phi) is 5.23. The first-order valence-electron chi connectivity index (χ1n) is 8.27. The van der Waals surface area contributed by atoms with Gasteiger partial charge in [-0.1, -0.05) is 17.7 Å². The molecule has 8 heteroatoms. The molecule has 0 radical (unpaired) electrons. The quantitative estimate of drug-likeness (QED) is 0.526. The van der Waals surface area contributed by atoms with Gasteiger partial charge in [0.2, 0.25) is 0 Å². The summed E-state index contributed by atoms with van der Waals surface area (Å²) in [7, 11) is 0. The van der Waals surface area contributed by atoms with Gasteiger partial charge < -0.3 is 5.32 Å². The minimum atomic E-state index is -0.462. The second-order valence-electron chi connectivity index (χ2n) is 6.24. The summed E-state index contributed by atoms with van der Waals surface area (Å²) in [6, 6.07) is 14.6. The average molecular weight is 385 g/mol. The van der Waals surface area contributed by atoms with Crippen molar-refractivity contribution < 1.29 is 9.72 Å². The zero-order chi connectivity index (χ0) is 19.6. The van der Waals surface area contributed by atoms with Crippen molar-refractivity contribution in [2.75, 3.05) is 0 Å². The molecule has 0 unspecified atom stereocenters. The molecule has 1 aromatic heterocycles. The molecule has 0 fully saturated rings. The number of nitro benzene ring substituents is 1. The monoisotopic (exact) mass is 384 g/mol. The smallest absolute Gasteiger partial charge is 0.270 e. The zero-order valence-corrected chi connectivity index (χ0v) is 15.5. The number of non-ortho nitro benzene ring substituents is 1. The summed E-state index contributed by atoms with van der Waals surface area (Å²) in [6.45, 7) is 3.74. The number of aromatic nitrogens is 2. The van der Waals surface area contributed by atoms with Crippen LogP contribution < -0.4 is 5.32 Å². The van der Waals surface area contributed by atoms with Crippen LogP contribution in [0, 0.1) is 10.1 Å². The molecule has 1 amide bonds. The van der Waals surface area contributed by atoms with E-state index in [0.717, 1.165) is 0 Å². The van der Waals surface area contributed by atoms with Crippen LogP contribution in [0.1, 0.15) is 24.3 Å². The number of nitro groups is 1. The van der Waals surface area contributed by atoms with E-state index >= 15 is 0 Å². The number of nitrogens with one attached hydrogen (secondary N) is 1. The van der Waals surface area contributed by atoms with Gasteiger partial charge in [0.05, 0.1) is 16.3 Å². The van der Waals surface area contributed by atoms with Crippen LogP contribution in [0.25, 0.3) is 16.9 Å². The molecule has 2 aromatic carbocycles. The SMILES string of the molecule is CC(C)NC(=O)c1cc(-c2ccc([N+](=O)[O-])cc2)nn1-c1cccc(Cl)c1. The normalized spacial score (nSPS) is 10.8. The molecule has 0 saturated heterocycles. The van der Waals surface area contributed by atoms with Gasteiger partial charge in [-0.05, 0) is 50.2 Å². The predicted molar refractivity (Wildman–Crippen MR) is 103 cm³/mol. The van der Waals surface area contributed by atoms with E-state index in [4.69, 9.17) is 11.6 Å². The predicted octanol–water partition coefficient (Wildman–Crippen LogP) is 4.24. The van der Waals surface area contributed by atoms with Gasteiger partial charge in [-0.3, -0.25) is 14.9 Å². The molecule has 0 saturated carbocycles. The van der Waals surface area contributed by atoms with E-state index in [0.29, 0.717) is 27.7 Å². The van der Waals surface area contributed by atoms with Crippen LogP contribution >= 0.6 is 11.6 Å². The molecule has 0 bridgehead atoms. The number of benzene rings is 2. The van der Waals surface area contributed by atoms with E-state index in [-0.39, 0.29) is 17.6 Å². The van der Waals surface area contributed by atoms with Crippen LogP contribution in [0.4, 0.5) is 5.69 Å². The molecule has 1 heterocycles. The average Bonchev–Trinajstić information content (AvgIpc) is 3.07. The van der Waals surface area contributed by atoms with Gasteiger partial charge in [-0.2, -0.15) is 5.10 Å². The van der Waals surface area contributed by atoms with Crippen LogP contribution in [-0.2, 0) is 0 Å². The Labute approximate surface area is 160 Å². The number of carbonyl (C=O) groups excluding carboxylic acids is 1. The van der Waals surface area contributed by atoms with E-state index < -0.39 is 4.92 Å². The van der Waals surface area contributed by atoms with Crippen molar-refractivity contribution in [2.24, 2.45) is 0 Å². The van der Waals surface area contributed by atoms with Crippen LogP contribution in [0.15, 0.2) is 54.6 Å². The Balaban J connectivity index is 2.08. The lowest BCUT2D eigenvalue weighted by atomic mass is 10.1. The van der Waals surface area contributed by atoms with Crippen LogP contribution in [0.3, 0.4) is 0 Å². The number of carbonyl (C=O) groups is 1. The topological polar surface area (TPSA) is 90.1 Å². The Bertz CT molecular complexity index is 996. The van der Waals surface area contributed by atoms with Gasteiger partial charge in [-0.25, -0.2) is 4.68 Å². The maximum Gasteiger partial charge on any atom is 0.270 e. The summed E-state index contributed by atoms with van der Waals surface area (Å²) in [5.74, 6) is -0.273. The minimum Gasteiger partial charge on any atom is -0.349 e. The van der Waals surface area contributed by atoms with E-state index in [9.17, 15) is 14.9 Å². The van der Waals surface area contributed by atoms with Crippen molar-refractivity contribution in [3.8, 4) is 16.9 Å². The lowest BCUT2D eigenvalue weighted by Gasteiger charge is -2.10. The lowest BCUT2D eigenvalue weighted by Crippen LogP contribution is -2.31. The van der Waals surface area contributed by atoms with E-state index in [1.807, 2.05) is 13.8 Å². The Morgan fingerprint density at radius 2 is 1.89 bits per heavy atom. The van der Waals surface area contributed by atoms with Crippen LogP contribution in [0.5, 0.6) is 0 Å². The number of rotatable bonds is 5. The second-order valence-corrected chi connectivity index (χ2v) is 6.68. The van der Waals surface area contributed by atoms with Crippen molar-refractivity contribution in [1.29, 1.82) is 0 Å². The maximum atomic E-state index is 12.6. The second kappa shape index (κ2) is 7.59. The molecule has 0 spiro atoms. The van der Waals surface area contributed by atoms with Crippen molar-refractivity contribution in [2.45, 2.75) is 19.9 Å². The van der Waals surface area contributed by atoms with Crippen LogP contribution in [-0.4, -0.2) is 26.7 Å². The highest BCUT2D eigenvalue weighted by Gasteiger charge is 2.19. The Hall–Kier alpha value is -3.19. The van der Waals surface area contributed by atoms with Gasteiger partial charge in [0.25, 0.3) is 11.6 Å². The summed E-state index contributed by atoms with van der Waals surface area (Å²) >= 11 is 6.08. The van der Waals surface area contributed by atoms with E-state index in [2.05, 4.69) is 10.4 Å². The number of hydrogen-bond donors (Lipinski definition) is 1. The van der Waals surface area contributed by atoms with E-state index in [1.165, 1.54) is 16.8 Å². The molecule has 0 aliphatic carbocycles. The highest BCUT2D eigenvalue weighted by Crippen LogP contribution is 2.25. The summed E-state index contributed by atoms with van der Waals surface area (Å²) in [6.07, 6.45) is 0. The molecule has 1 N–H and O–H groups in total. The third kappa shape index (κ3) is 4.15. The van der Waals surface area contributed by atoms with Gasteiger partial charge >= 0.3 is 0 Å². The Morgan fingerprint density at radius 3 is 2.48 bits per heavy atom. The van der Waals surface area contributed by atoms with Gasteiger partial charge in [-0.15, -0.1) is 0 Å². The van der Waals surface area contributed by atoms with E-state index in [1.54, 1.807) is 42.5 Å². The standard InChI is InChI=1S/C19H17ClN4O3/c1-12(2)21-19(25)18-11-17(13-6-8-15(9-7-13)24(26)27)22-23(18)16-5-3-4-14(20)10-16/h3-12H,1-2H3,(H,21,25). The highest BCUT2D eigenvalue weighted by atomic mass is 35.5. The molecule has 3 rings (SSSR count). The van der Waals surface area contributed by atoms with Gasteiger partial charge in [0, 0.05) is 28.8 Å². The van der Waals surface area contributed by atoms with Crippen molar-refractivity contribution in [3.63, 3.8) is 0 Å². The fraction of sp³-hybridized carbons (Fsp3) is 0.158. The summed E-state index contributed by atoms with van der Waals surface area (Å²) in [5.41, 5.74) is 2.17. The third-order valence-electron chi connectivity index (χ3n) is 3.79. The first kappa shape index (κ1) is 18.6. The zero-order valence-electron chi connectivity index (χ0n) is 14.7. The highest BCUT2D eigenvalue weighted by molar-refractivity contribution is 6.30. The summed E-state index contributed by atoms with van der Waals surface area (Å²) in [5, 5.41) is 18.7. The van der Waals surface area contributed by atoms with Gasteiger partial charge in [0.15, 0.2) is 0 Å². The maximum absolute atomic E-state index is 12.6. The number of nitrogens with zero attached hydrogens (tertiary/aromatic N) is 3. The minimum absolute atomic E-state index is 0.00852. The first-order chi connectivity index (χ1) is 12.8. The Morgan fingerprint density at radius 1 is 1.19 bits per heavy atom. The van der Waals surface area contributed by atoms with Crippen molar-refractivity contribution >= 4 is 23.2 Å². The fourth-order valence-electron chi connectivity index (χ4n) is 2.58. The first-order valence-corrected chi connectivity index (χ1v) is 8.64. The molecule has 0 aliphatic rings. The lowest BCUT2D eigenvalue weighted by molar-refractivity contribution is -0.384. The number of hydrogen-bond acceptors (Lipinski definition) is 4. The fourth-order valence-corrected chi connectivity index (χ4v) is 2.76. The third-order valence-corrected chi connectivity index (χ3v) is 4.02. The molecule has 27 heavy (non-hydrogen) atoms. The largest absolute Gasteiger partial charge is 0.349 e. The summed E-state index contributed by atoms with van der Waals surface area (Å²) < 4.78 is 1.51. The van der Waals surface area contributed by atoms with Crippen molar-refractivity contribution in [1.82, 2.24) is 15.1 Å². The molecular weight excluding hydrogens is 368 g/mol. The molecular formula is C19H17ClN4O3. The molecule has 138 valence electrons. The number of halogens is 1. The molecule has 7 nitrogen and oxygen atoms in total. The molecule has 0 aliphatic heterocycles. The van der Waals surface area contributed by atoms with Crippen LogP contribution in [0.2, 0.25) is 5.02 Å². The van der Waals surface area contributed by atoms with Gasteiger partial charge in [0.1, 0.15) is 5.69 Å². The number of amides is 1. The molecule has 0 atom stereocenters. The summed E-state index contributed by atoms with van der Waals surface area (Å²) in [4.78, 5) is 23.0. The van der Waals surface area contributed by atoms with Crippen molar-refractivity contribution in [3.05, 3.63) is 75.4 Å². The molecule has 3 aromatic rings.